The number of nitrogens with zero attached hydrogens (tertiary/aromatic N) is 1. The minimum atomic E-state index is -0.266. The number of H-pyrrole nitrogens is 1. The van der Waals surface area contributed by atoms with Crippen molar-refractivity contribution in [1.82, 2.24) is 15.7 Å². The summed E-state index contributed by atoms with van der Waals surface area (Å²) < 4.78 is 0. The van der Waals surface area contributed by atoms with Crippen LogP contribution in [0, 0.1) is 22.7 Å². The lowest BCUT2D eigenvalue weighted by Crippen LogP contribution is -2.59. The van der Waals surface area contributed by atoms with Crippen molar-refractivity contribution in [1.29, 1.82) is 0 Å². The molecule has 2 heterocycles. The first-order chi connectivity index (χ1) is 17.0. The average Bonchev–Trinajstić information content (AvgIpc) is 3.22. The van der Waals surface area contributed by atoms with Gasteiger partial charge in [-0.15, -0.1) is 0 Å². The normalized spacial score (nSPS) is 29.3. The lowest BCUT2D eigenvalue weighted by atomic mass is 9.65. The van der Waals surface area contributed by atoms with Crippen LogP contribution in [0.4, 0.5) is 0 Å². The van der Waals surface area contributed by atoms with E-state index < -0.39 is 0 Å². The zero-order valence-corrected chi connectivity index (χ0v) is 23.3. The molecule has 2 aliphatic carbocycles. The number of hydrogen-bond acceptors (Lipinski definition) is 3. The topological polar surface area (TPSA) is 69.3 Å². The quantitative estimate of drug-likeness (QED) is 0.404. The Morgan fingerprint density at radius 2 is 1.56 bits per heavy atom. The number of fused-ring (bicyclic) bond motifs is 4. The molecule has 3 N–H and O–H groups in total. The zero-order valence-electron chi connectivity index (χ0n) is 23.3. The molecule has 5 heteroatoms. The van der Waals surface area contributed by atoms with Gasteiger partial charge in [-0.1, -0.05) is 59.7 Å². The van der Waals surface area contributed by atoms with Crippen molar-refractivity contribution < 1.29 is 4.79 Å². The highest BCUT2D eigenvalue weighted by Gasteiger charge is 2.47. The highest BCUT2D eigenvalue weighted by Crippen LogP contribution is 2.49. The van der Waals surface area contributed by atoms with Gasteiger partial charge in [-0.25, -0.2) is 5.43 Å². The molecular weight excluding hydrogens is 444 g/mol. The van der Waals surface area contributed by atoms with E-state index in [1.54, 1.807) is 0 Å². The second-order valence-electron chi connectivity index (χ2n) is 13.9. The van der Waals surface area contributed by atoms with Crippen LogP contribution in [0.25, 0.3) is 10.9 Å². The van der Waals surface area contributed by atoms with Crippen LogP contribution in [0.1, 0.15) is 104 Å². The highest BCUT2D eigenvalue weighted by atomic mass is 16.2. The molecule has 2 aromatic rings. The highest BCUT2D eigenvalue weighted by molar-refractivity contribution is 5.90. The third-order valence-corrected chi connectivity index (χ3v) is 9.64. The number of benzene rings is 1. The second kappa shape index (κ2) is 9.31. The van der Waals surface area contributed by atoms with Crippen LogP contribution in [0.3, 0.4) is 0 Å². The summed E-state index contributed by atoms with van der Waals surface area (Å²) in [6.07, 6.45) is 9.48. The second-order valence-corrected chi connectivity index (χ2v) is 13.9. The molecule has 36 heavy (non-hydrogen) atoms. The van der Waals surface area contributed by atoms with Crippen molar-refractivity contribution in [3.8, 4) is 0 Å². The first kappa shape index (κ1) is 25.5. The maximum Gasteiger partial charge on any atom is 0.257 e. The average molecular weight is 491 g/mol. The van der Waals surface area contributed by atoms with Crippen molar-refractivity contribution in [2.24, 2.45) is 27.8 Å². The molecule has 1 aliphatic heterocycles. The molecule has 2 saturated carbocycles. The monoisotopic (exact) mass is 490 g/mol. The molecule has 3 aliphatic rings. The molecule has 196 valence electrons. The molecule has 5 rings (SSSR count). The fourth-order valence-electron chi connectivity index (χ4n) is 7.15. The van der Waals surface area contributed by atoms with Gasteiger partial charge >= 0.3 is 0 Å². The van der Waals surface area contributed by atoms with E-state index in [0.717, 1.165) is 50.2 Å². The van der Waals surface area contributed by atoms with Crippen LogP contribution in [-0.4, -0.2) is 22.6 Å². The molecule has 2 fully saturated rings. The number of rotatable bonds is 2. The molecule has 1 amide bonds. The van der Waals surface area contributed by atoms with Gasteiger partial charge in [0.2, 0.25) is 0 Å². The van der Waals surface area contributed by atoms with Gasteiger partial charge in [0.1, 0.15) is 0 Å². The SMILES string of the molecule is CC(C)(C)C1CCC(=NNC(=O)C2Cc3c([nH]c4ccccc34)C3(CCC(C(C)(C)C)CC3)N2)CC1. The summed E-state index contributed by atoms with van der Waals surface area (Å²) in [5.41, 5.74) is 8.42. The molecule has 5 nitrogen and oxygen atoms in total. The first-order valence-electron chi connectivity index (χ1n) is 14.2. The first-order valence-corrected chi connectivity index (χ1v) is 14.2. The minimum Gasteiger partial charge on any atom is -0.357 e. The molecule has 0 radical (unpaired) electrons. The smallest absolute Gasteiger partial charge is 0.257 e. The Labute approximate surface area is 217 Å². The van der Waals surface area contributed by atoms with E-state index >= 15 is 0 Å². The Bertz CT molecular complexity index is 1130. The number of hydrogen-bond donors (Lipinski definition) is 3. The number of hydrazone groups is 1. The van der Waals surface area contributed by atoms with Crippen molar-refractivity contribution >= 4 is 22.5 Å². The summed E-state index contributed by atoms with van der Waals surface area (Å²) in [6, 6.07) is 8.30. The number of aromatic amines is 1. The van der Waals surface area contributed by atoms with Gasteiger partial charge in [0.25, 0.3) is 5.91 Å². The van der Waals surface area contributed by atoms with Crippen LogP contribution in [0.5, 0.6) is 0 Å². The summed E-state index contributed by atoms with van der Waals surface area (Å²) in [5.74, 6) is 1.45. The fraction of sp³-hybridized carbons (Fsp3) is 0.677. The third-order valence-electron chi connectivity index (χ3n) is 9.64. The zero-order chi connectivity index (χ0) is 25.7. The van der Waals surface area contributed by atoms with Crippen LogP contribution >= 0.6 is 0 Å². The molecule has 0 bridgehead atoms. The summed E-state index contributed by atoms with van der Waals surface area (Å²) in [4.78, 5) is 17.3. The van der Waals surface area contributed by atoms with Crippen molar-refractivity contribution in [3.63, 3.8) is 0 Å². The maximum atomic E-state index is 13.5. The summed E-state index contributed by atoms with van der Waals surface area (Å²) in [6.45, 7) is 14.1. The largest absolute Gasteiger partial charge is 0.357 e. The standard InChI is InChI=1S/C31H46N4O/c1-29(2,3)20-11-13-22(14-12-20)34-35-28(36)26-19-24-23-9-7-8-10-25(23)32-27(24)31(33-26)17-15-21(16-18-31)30(4,5)6/h7-10,20-21,26,32-33H,11-19H2,1-6H3,(H,35,36). The number of carbonyl (C=O) groups is 1. The molecule has 1 atom stereocenters. The summed E-state index contributed by atoms with van der Waals surface area (Å²) in [5, 5.41) is 9.75. The number of aromatic nitrogens is 1. The Balaban J connectivity index is 1.35. The van der Waals surface area contributed by atoms with Crippen molar-refractivity contribution in [2.45, 2.75) is 111 Å². The molecule has 1 aromatic carbocycles. The van der Waals surface area contributed by atoms with Crippen molar-refractivity contribution in [2.75, 3.05) is 0 Å². The summed E-state index contributed by atoms with van der Waals surface area (Å²) in [7, 11) is 0. The number of para-hydroxylation sites is 1. The van der Waals surface area contributed by atoms with Crippen LogP contribution in [0.15, 0.2) is 29.4 Å². The maximum absolute atomic E-state index is 13.5. The lowest BCUT2D eigenvalue weighted by molar-refractivity contribution is -0.124. The minimum absolute atomic E-state index is 0.00805. The number of carbonyl (C=O) groups excluding carboxylic acids is 1. The van der Waals surface area contributed by atoms with Gasteiger partial charge in [-0.2, -0.15) is 5.10 Å². The van der Waals surface area contributed by atoms with Gasteiger partial charge < -0.3 is 4.98 Å². The predicted octanol–water partition coefficient (Wildman–Crippen LogP) is 6.82. The Morgan fingerprint density at radius 3 is 2.19 bits per heavy atom. The van der Waals surface area contributed by atoms with Crippen molar-refractivity contribution in [3.05, 3.63) is 35.5 Å². The van der Waals surface area contributed by atoms with E-state index in [1.165, 1.54) is 35.0 Å². The van der Waals surface area contributed by atoms with Gasteiger partial charge in [0.15, 0.2) is 0 Å². The van der Waals surface area contributed by atoms with E-state index in [-0.39, 0.29) is 17.5 Å². The van der Waals surface area contributed by atoms with E-state index in [9.17, 15) is 4.79 Å². The molecular formula is C31H46N4O. The van der Waals surface area contributed by atoms with E-state index in [0.29, 0.717) is 23.2 Å². The molecule has 1 aromatic heterocycles. The molecule has 1 spiro atoms. The van der Waals surface area contributed by atoms with Crippen LogP contribution in [-0.2, 0) is 16.8 Å². The van der Waals surface area contributed by atoms with E-state index in [1.807, 2.05) is 0 Å². The van der Waals surface area contributed by atoms with Gasteiger partial charge in [0.05, 0.1) is 11.6 Å². The van der Waals surface area contributed by atoms with Gasteiger partial charge in [-0.05, 0) is 92.1 Å². The Morgan fingerprint density at radius 1 is 0.944 bits per heavy atom. The summed E-state index contributed by atoms with van der Waals surface area (Å²) >= 11 is 0. The number of nitrogens with one attached hydrogen (secondary N) is 3. The lowest BCUT2D eigenvalue weighted by Gasteiger charge is -2.48. The van der Waals surface area contributed by atoms with E-state index in [2.05, 4.69) is 86.6 Å². The predicted molar refractivity (Wildman–Crippen MR) is 149 cm³/mol. The third kappa shape index (κ3) is 4.88. The Hall–Kier alpha value is -2.14. The molecule has 0 saturated heterocycles. The van der Waals surface area contributed by atoms with Crippen LogP contribution < -0.4 is 10.7 Å². The van der Waals surface area contributed by atoms with Gasteiger partial charge in [0, 0.05) is 22.3 Å². The van der Waals surface area contributed by atoms with E-state index in [4.69, 9.17) is 0 Å². The Kier molecular flexibility index (Phi) is 6.60. The van der Waals surface area contributed by atoms with Crippen LogP contribution in [0.2, 0.25) is 0 Å². The number of amides is 1. The fourth-order valence-corrected chi connectivity index (χ4v) is 7.15. The van der Waals surface area contributed by atoms with Gasteiger partial charge in [-0.3, -0.25) is 10.1 Å². The molecule has 1 unspecified atom stereocenters.